The molecule has 1 aromatic carbocycles. The Hall–Kier alpha value is -1.60. The molecule has 2 atom stereocenters. The van der Waals surface area contributed by atoms with Crippen molar-refractivity contribution in [3.05, 3.63) is 45.6 Å². The Morgan fingerprint density at radius 1 is 1.35 bits per heavy atom. The van der Waals surface area contributed by atoms with Gasteiger partial charge in [-0.05, 0) is 31.5 Å². The van der Waals surface area contributed by atoms with Crippen molar-refractivity contribution in [1.82, 2.24) is 4.90 Å². The van der Waals surface area contributed by atoms with Crippen LogP contribution in [0.4, 0.5) is 0 Å². The summed E-state index contributed by atoms with van der Waals surface area (Å²) in [6.07, 6.45) is 0. The van der Waals surface area contributed by atoms with Crippen LogP contribution in [-0.4, -0.2) is 34.3 Å². The first-order valence-corrected chi connectivity index (χ1v) is 8.74. The summed E-state index contributed by atoms with van der Waals surface area (Å²) in [4.78, 5) is 30.9. The summed E-state index contributed by atoms with van der Waals surface area (Å²) in [5, 5.41) is 0.428. The third-order valence-corrected chi connectivity index (χ3v) is 5.43. The van der Waals surface area contributed by atoms with Gasteiger partial charge in [-0.3, -0.25) is 9.69 Å². The molecule has 5 nitrogen and oxygen atoms in total. The minimum Gasteiger partial charge on any atom is -0.466 e. The normalized spacial score (nSPS) is 23.7. The largest absolute Gasteiger partial charge is 0.466 e. The number of amides is 1. The number of benzene rings is 1. The highest BCUT2D eigenvalue weighted by Crippen LogP contribution is 2.43. The number of rotatable bonds is 2. The van der Waals surface area contributed by atoms with E-state index in [0.29, 0.717) is 16.4 Å². The Morgan fingerprint density at radius 2 is 2.00 bits per heavy atom. The maximum Gasteiger partial charge on any atom is 0.338 e. The van der Waals surface area contributed by atoms with Crippen molar-refractivity contribution in [2.24, 2.45) is 4.99 Å². The summed E-state index contributed by atoms with van der Waals surface area (Å²) in [6, 6.07) is 7.07. The van der Waals surface area contributed by atoms with Gasteiger partial charge in [-0.25, -0.2) is 9.79 Å². The zero-order valence-electron chi connectivity index (χ0n) is 12.9. The maximum atomic E-state index is 12.6. The molecule has 2 heterocycles. The fraction of sp³-hybridized carbons (Fsp3) is 0.312. The van der Waals surface area contributed by atoms with Crippen LogP contribution in [0.3, 0.4) is 0 Å². The van der Waals surface area contributed by atoms with Gasteiger partial charge in [-0.15, -0.1) is 0 Å². The third-order valence-electron chi connectivity index (χ3n) is 3.85. The first-order chi connectivity index (χ1) is 10.9. The molecule has 0 radical (unpaired) electrons. The lowest BCUT2D eigenvalue weighted by molar-refractivity contribution is -0.137. The van der Waals surface area contributed by atoms with Gasteiger partial charge in [0.15, 0.2) is 5.17 Å². The van der Waals surface area contributed by atoms with E-state index in [1.165, 1.54) is 18.9 Å². The van der Waals surface area contributed by atoms with Crippen LogP contribution in [0.25, 0.3) is 0 Å². The lowest BCUT2D eigenvalue weighted by Gasteiger charge is -2.32. The number of carbonyl (C=O) groups is 2. The number of allylic oxidation sites excluding steroid dienone is 1. The highest BCUT2D eigenvalue weighted by molar-refractivity contribution is 9.10. The van der Waals surface area contributed by atoms with E-state index in [4.69, 9.17) is 4.74 Å². The van der Waals surface area contributed by atoms with Gasteiger partial charge in [0.1, 0.15) is 0 Å². The second-order valence-corrected chi connectivity index (χ2v) is 7.53. The molecule has 0 unspecified atom stereocenters. The highest BCUT2D eigenvalue weighted by atomic mass is 79.9. The predicted molar refractivity (Wildman–Crippen MR) is 92.9 cm³/mol. The Kier molecular flexibility index (Phi) is 4.33. The first kappa shape index (κ1) is 16.3. The Morgan fingerprint density at radius 3 is 2.61 bits per heavy atom. The molecule has 0 aliphatic carbocycles. The molecule has 0 N–H and O–H groups in total. The quantitative estimate of drug-likeness (QED) is 0.722. The van der Waals surface area contributed by atoms with Crippen LogP contribution in [0.5, 0.6) is 0 Å². The number of carbonyl (C=O) groups excluding carboxylic acids is 2. The molecule has 120 valence electrons. The van der Waals surface area contributed by atoms with Crippen molar-refractivity contribution < 1.29 is 14.3 Å². The lowest BCUT2D eigenvalue weighted by atomic mass is 9.94. The molecule has 1 amide bonds. The number of aliphatic imine (C=N–C) groups is 1. The number of methoxy groups -OCH3 is 1. The molecular weight excluding hydrogens is 380 g/mol. The number of amidine groups is 1. The number of halogens is 1. The van der Waals surface area contributed by atoms with Crippen LogP contribution in [0, 0.1) is 0 Å². The topological polar surface area (TPSA) is 59.0 Å². The van der Waals surface area contributed by atoms with Crippen molar-refractivity contribution >= 4 is 44.7 Å². The van der Waals surface area contributed by atoms with E-state index >= 15 is 0 Å². The van der Waals surface area contributed by atoms with Crippen LogP contribution >= 0.6 is 27.7 Å². The minimum absolute atomic E-state index is 0.0458. The van der Waals surface area contributed by atoms with Crippen LogP contribution in [0.1, 0.15) is 25.5 Å². The SMILES string of the molecule is COC(=O)C1=C(C)N=C2S[C@@H](C)C(=O)N2[C@@H]1c1ccc(Br)cc1. The summed E-state index contributed by atoms with van der Waals surface area (Å²) in [5.41, 5.74) is 1.84. The van der Waals surface area contributed by atoms with Gasteiger partial charge >= 0.3 is 5.97 Å². The van der Waals surface area contributed by atoms with E-state index < -0.39 is 12.0 Å². The monoisotopic (exact) mass is 394 g/mol. The molecule has 23 heavy (non-hydrogen) atoms. The van der Waals surface area contributed by atoms with Crippen LogP contribution in [0.2, 0.25) is 0 Å². The number of ether oxygens (including phenoxy) is 1. The number of thioether (sulfide) groups is 1. The average Bonchev–Trinajstić information content (AvgIpc) is 2.80. The molecule has 3 rings (SSSR count). The van der Waals surface area contributed by atoms with Crippen molar-refractivity contribution in [1.29, 1.82) is 0 Å². The molecule has 1 aromatic rings. The molecule has 7 heteroatoms. The molecule has 1 fully saturated rings. The molecule has 2 aliphatic heterocycles. The smallest absolute Gasteiger partial charge is 0.338 e. The van der Waals surface area contributed by atoms with E-state index in [-0.39, 0.29) is 11.2 Å². The predicted octanol–water partition coefficient (Wildman–Crippen LogP) is 3.27. The van der Waals surface area contributed by atoms with Crippen molar-refractivity contribution in [3.8, 4) is 0 Å². The summed E-state index contributed by atoms with van der Waals surface area (Å²) < 4.78 is 5.86. The van der Waals surface area contributed by atoms with Gasteiger partial charge in [0, 0.05) is 4.47 Å². The molecule has 1 saturated heterocycles. The number of hydrogen-bond donors (Lipinski definition) is 0. The van der Waals surface area contributed by atoms with Crippen molar-refractivity contribution in [3.63, 3.8) is 0 Å². The summed E-state index contributed by atoms with van der Waals surface area (Å²) in [6.45, 7) is 3.62. The molecule has 2 aliphatic rings. The van der Waals surface area contributed by atoms with Gasteiger partial charge in [-0.1, -0.05) is 39.8 Å². The summed E-state index contributed by atoms with van der Waals surface area (Å²) in [5.74, 6) is -0.508. The van der Waals surface area contributed by atoms with Crippen LogP contribution in [0.15, 0.2) is 45.0 Å². The number of esters is 1. The van der Waals surface area contributed by atoms with Gasteiger partial charge in [-0.2, -0.15) is 0 Å². The Bertz CT molecular complexity index is 742. The van der Waals surface area contributed by atoms with E-state index in [1.54, 1.807) is 11.8 Å². The lowest BCUT2D eigenvalue weighted by Crippen LogP contribution is -2.40. The van der Waals surface area contributed by atoms with Gasteiger partial charge in [0.2, 0.25) is 5.91 Å². The van der Waals surface area contributed by atoms with Gasteiger partial charge < -0.3 is 4.74 Å². The molecule has 0 aromatic heterocycles. The van der Waals surface area contributed by atoms with Crippen LogP contribution in [-0.2, 0) is 14.3 Å². The second-order valence-electron chi connectivity index (χ2n) is 5.31. The van der Waals surface area contributed by atoms with E-state index in [2.05, 4.69) is 20.9 Å². The average molecular weight is 395 g/mol. The van der Waals surface area contributed by atoms with E-state index in [9.17, 15) is 9.59 Å². The molecule has 0 saturated carbocycles. The van der Waals surface area contributed by atoms with Gasteiger partial charge in [0.05, 0.1) is 29.7 Å². The number of nitrogens with zero attached hydrogens (tertiary/aromatic N) is 2. The zero-order valence-corrected chi connectivity index (χ0v) is 15.3. The Balaban J connectivity index is 2.17. The summed E-state index contributed by atoms with van der Waals surface area (Å²) in [7, 11) is 1.34. The highest BCUT2D eigenvalue weighted by Gasteiger charge is 2.46. The molecule has 0 bridgehead atoms. The number of hydrogen-bond acceptors (Lipinski definition) is 5. The number of fused-ring (bicyclic) bond motifs is 1. The summed E-state index contributed by atoms with van der Waals surface area (Å²) >= 11 is 4.82. The maximum absolute atomic E-state index is 12.6. The standard InChI is InChI=1S/C16H15BrN2O3S/c1-8-12(15(21)22-3)13(10-4-6-11(17)7-5-10)19-14(20)9(2)23-16(19)18-8/h4-7,9,13H,1-3H3/t9-,13+/m0/s1. The van der Waals surface area contributed by atoms with Crippen LogP contribution < -0.4 is 0 Å². The molecule has 0 spiro atoms. The second kappa shape index (κ2) is 6.13. The van der Waals surface area contributed by atoms with E-state index in [0.717, 1.165) is 10.0 Å². The first-order valence-electron chi connectivity index (χ1n) is 7.07. The fourth-order valence-corrected chi connectivity index (χ4v) is 4.03. The minimum atomic E-state index is -0.506. The third kappa shape index (κ3) is 2.72. The van der Waals surface area contributed by atoms with Crippen molar-refractivity contribution in [2.75, 3.05) is 7.11 Å². The van der Waals surface area contributed by atoms with Crippen molar-refractivity contribution in [2.45, 2.75) is 25.1 Å². The fourth-order valence-electron chi connectivity index (χ4n) is 2.73. The van der Waals surface area contributed by atoms with E-state index in [1.807, 2.05) is 31.2 Å². The molecular formula is C16H15BrN2O3S. The van der Waals surface area contributed by atoms with Gasteiger partial charge in [0.25, 0.3) is 0 Å². The Labute approximate surface area is 146 Å². The zero-order chi connectivity index (χ0) is 16.7.